The van der Waals surface area contributed by atoms with E-state index in [-0.39, 0.29) is 24.4 Å². The third kappa shape index (κ3) is 3.88. The van der Waals surface area contributed by atoms with Crippen LogP contribution in [-0.4, -0.2) is 23.6 Å². The van der Waals surface area contributed by atoms with Gasteiger partial charge in [0.2, 0.25) is 5.91 Å². The van der Waals surface area contributed by atoms with Crippen molar-refractivity contribution >= 4 is 51.7 Å². The predicted molar refractivity (Wildman–Crippen MR) is 79.0 cm³/mol. The molecule has 6 heteroatoms. The van der Waals surface area contributed by atoms with Crippen LogP contribution in [0.2, 0.25) is 0 Å². The van der Waals surface area contributed by atoms with Gasteiger partial charge in [0.05, 0.1) is 6.04 Å². The molecular formula is C11H14BrClN2OS. The van der Waals surface area contributed by atoms with E-state index in [1.807, 2.05) is 25.1 Å². The zero-order chi connectivity index (χ0) is 11.5. The Kier molecular flexibility index (Phi) is 5.79. The van der Waals surface area contributed by atoms with Crippen molar-refractivity contribution < 1.29 is 4.79 Å². The summed E-state index contributed by atoms with van der Waals surface area (Å²) in [5.41, 5.74) is 1.97. The number of benzene rings is 1. The van der Waals surface area contributed by atoms with Crippen LogP contribution in [0.3, 0.4) is 0 Å². The third-order valence-electron chi connectivity index (χ3n) is 2.46. The molecule has 0 radical (unpaired) electrons. The monoisotopic (exact) mass is 336 g/mol. The van der Waals surface area contributed by atoms with Crippen LogP contribution in [0.1, 0.15) is 5.56 Å². The molecule has 1 amide bonds. The second kappa shape index (κ2) is 6.64. The van der Waals surface area contributed by atoms with Gasteiger partial charge in [-0.05, 0) is 30.7 Å². The second-order valence-corrected chi connectivity index (χ2v) is 5.61. The summed E-state index contributed by atoms with van der Waals surface area (Å²) in [6.45, 7) is 2.00. The van der Waals surface area contributed by atoms with E-state index in [9.17, 15) is 4.79 Å². The summed E-state index contributed by atoms with van der Waals surface area (Å²) in [6, 6.07) is 5.75. The van der Waals surface area contributed by atoms with E-state index in [2.05, 4.69) is 26.6 Å². The van der Waals surface area contributed by atoms with Gasteiger partial charge in [-0.1, -0.05) is 15.9 Å². The summed E-state index contributed by atoms with van der Waals surface area (Å²) in [7, 11) is 0. The molecule has 0 spiro atoms. The van der Waals surface area contributed by atoms with Crippen LogP contribution in [0.5, 0.6) is 0 Å². The number of anilines is 1. The molecule has 1 unspecified atom stereocenters. The standard InChI is InChI=1S/C11H13BrN2OS.ClH/c1-7-4-8(2-3-9(7)12)14-11(15)10-5-16-6-13-10;/h2-4,10,13H,5-6H2,1H3,(H,14,15);1H. The minimum Gasteiger partial charge on any atom is -0.325 e. The SMILES string of the molecule is Cc1cc(NC(=O)C2CSCN2)ccc1Br.Cl. The van der Waals surface area contributed by atoms with E-state index < -0.39 is 0 Å². The first-order chi connectivity index (χ1) is 7.66. The van der Waals surface area contributed by atoms with Crippen LogP contribution in [0.15, 0.2) is 22.7 Å². The van der Waals surface area contributed by atoms with E-state index in [1.165, 1.54) is 0 Å². The van der Waals surface area contributed by atoms with Crippen molar-refractivity contribution in [1.29, 1.82) is 0 Å². The number of aryl methyl sites for hydroxylation is 1. The van der Waals surface area contributed by atoms with Gasteiger partial charge in [0, 0.05) is 21.8 Å². The van der Waals surface area contributed by atoms with Crippen LogP contribution >= 0.6 is 40.1 Å². The average molecular weight is 338 g/mol. The molecule has 1 fully saturated rings. The summed E-state index contributed by atoms with van der Waals surface area (Å²) < 4.78 is 1.06. The van der Waals surface area contributed by atoms with E-state index in [0.29, 0.717) is 0 Å². The highest BCUT2D eigenvalue weighted by molar-refractivity contribution is 9.10. The lowest BCUT2D eigenvalue weighted by Gasteiger charge is -2.11. The van der Waals surface area contributed by atoms with Crippen LogP contribution in [0, 0.1) is 6.92 Å². The number of hydrogen-bond acceptors (Lipinski definition) is 3. The molecule has 2 rings (SSSR count). The zero-order valence-corrected chi connectivity index (χ0v) is 12.5. The quantitative estimate of drug-likeness (QED) is 0.872. The van der Waals surface area contributed by atoms with Crippen LogP contribution in [-0.2, 0) is 4.79 Å². The maximum absolute atomic E-state index is 11.8. The molecule has 3 nitrogen and oxygen atoms in total. The molecule has 2 N–H and O–H groups in total. The van der Waals surface area contributed by atoms with Gasteiger partial charge < -0.3 is 5.32 Å². The van der Waals surface area contributed by atoms with Crippen molar-refractivity contribution in [2.45, 2.75) is 13.0 Å². The molecule has 1 heterocycles. The number of nitrogens with one attached hydrogen (secondary N) is 2. The molecule has 0 aliphatic carbocycles. The maximum Gasteiger partial charge on any atom is 0.242 e. The molecule has 0 aromatic heterocycles. The van der Waals surface area contributed by atoms with Gasteiger partial charge >= 0.3 is 0 Å². The lowest BCUT2D eigenvalue weighted by Crippen LogP contribution is -2.37. The lowest BCUT2D eigenvalue weighted by atomic mass is 10.2. The highest BCUT2D eigenvalue weighted by Crippen LogP contribution is 2.20. The Morgan fingerprint density at radius 2 is 2.35 bits per heavy atom. The fourth-order valence-corrected chi connectivity index (χ4v) is 2.70. The number of rotatable bonds is 2. The number of carbonyl (C=O) groups excluding carboxylic acids is 1. The summed E-state index contributed by atoms with van der Waals surface area (Å²) in [5, 5.41) is 6.06. The van der Waals surface area contributed by atoms with E-state index in [4.69, 9.17) is 0 Å². The third-order valence-corrected chi connectivity index (χ3v) is 4.29. The Labute approximate surface area is 120 Å². The molecule has 0 bridgehead atoms. The first-order valence-corrected chi connectivity index (χ1v) is 7.00. The van der Waals surface area contributed by atoms with Gasteiger partial charge in [0.15, 0.2) is 0 Å². The van der Waals surface area contributed by atoms with Gasteiger partial charge in [-0.15, -0.1) is 24.2 Å². The van der Waals surface area contributed by atoms with Crippen LogP contribution in [0.4, 0.5) is 5.69 Å². The Balaban J connectivity index is 0.00000144. The molecule has 1 aliphatic rings. The van der Waals surface area contributed by atoms with Gasteiger partial charge in [-0.2, -0.15) is 0 Å². The van der Waals surface area contributed by atoms with Crippen molar-refractivity contribution in [1.82, 2.24) is 5.32 Å². The molecule has 1 aromatic rings. The molecule has 17 heavy (non-hydrogen) atoms. The van der Waals surface area contributed by atoms with Crippen LogP contribution < -0.4 is 10.6 Å². The molecule has 94 valence electrons. The minimum atomic E-state index is -0.0612. The minimum absolute atomic E-state index is 0. The van der Waals surface area contributed by atoms with Gasteiger partial charge in [-0.25, -0.2) is 0 Å². The van der Waals surface area contributed by atoms with E-state index in [0.717, 1.165) is 27.4 Å². The number of halogens is 2. The predicted octanol–water partition coefficient (Wildman–Crippen LogP) is 2.78. The molecule has 1 atom stereocenters. The largest absolute Gasteiger partial charge is 0.325 e. The summed E-state index contributed by atoms with van der Waals surface area (Å²) >= 11 is 5.18. The molecule has 0 saturated carbocycles. The number of thioether (sulfide) groups is 1. The number of amides is 1. The van der Waals surface area contributed by atoms with E-state index >= 15 is 0 Å². The van der Waals surface area contributed by atoms with Crippen molar-refractivity contribution in [3.8, 4) is 0 Å². The average Bonchev–Trinajstić information content (AvgIpc) is 2.77. The van der Waals surface area contributed by atoms with Gasteiger partial charge in [0.25, 0.3) is 0 Å². The zero-order valence-electron chi connectivity index (χ0n) is 9.33. The van der Waals surface area contributed by atoms with Crippen molar-refractivity contribution in [3.63, 3.8) is 0 Å². The van der Waals surface area contributed by atoms with Gasteiger partial charge in [0.1, 0.15) is 0 Å². The first-order valence-electron chi connectivity index (χ1n) is 5.05. The Hall–Kier alpha value is -0.230. The van der Waals surface area contributed by atoms with Gasteiger partial charge in [-0.3, -0.25) is 10.1 Å². The van der Waals surface area contributed by atoms with E-state index in [1.54, 1.807) is 11.8 Å². The molecule has 1 aromatic carbocycles. The fraction of sp³-hybridized carbons (Fsp3) is 0.364. The summed E-state index contributed by atoms with van der Waals surface area (Å²) in [4.78, 5) is 11.8. The highest BCUT2D eigenvalue weighted by Gasteiger charge is 2.22. The number of carbonyl (C=O) groups is 1. The maximum atomic E-state index is 11.8. The summed E-state index contributed by atoms with van der Waals surface area (Å²) in [5.74, 6) is 1.76. The van der Waals surface area contributed by atoms with Crippen molar-refractivity contribution in [3.05, 3.63) is 28.2 Å². The normalized spacial score (nSPS) is 18.6. The lowest BCUT2D eigenvalue weighted by molar-refractivity contribution is -0.117. The molecular weight excluding hydrogens is 324 g/mol. The van der Waals surface area contributed by atoms with Crippen LogP contribution in [0.25, 0.3) is 0 Å². The Morgan fingerprint density at radius 1 is 1.59 bits per heavy atom. The topological polar surface area (TPSA) is 41.1 Å². The van der Waals surface area contributed by atoms with Crippen molar-refractivity contribution in [2.75, 3.05) is 16.9 Å². The Bertz CT molecular complexity index is 410. The molecule has 1 aliphatic heterocycles. The second-order valence-electron chi connectivity index (χ2n) is 3.73. The number of hydrogen-bond donors (Lipinski definition) is 2. The fourth-order valence-electron chi connectivity index (χ4n) is 1.52. The molecule has 1 saturated heterocycles. The first kappa shape index (κ1) is 14.8. The smallest absolute Gasteiger partial charge is 0.242 e. The van der Waals surface area contributed by atoms with Crippen molar-refractivity contribution in [2.24, 2.45) is 0 Å². The summed E-state index contributed by atoms with van der Waals surface area (Å²) in [6.07, 6.45) is 0. The highest BCUT2D eigenvalue weighted by atomic mass is 79.9. The Morgan fingerprint density at radius 3 is 2.94 bits per heavy atom.